The van der Waals surface area contributed by atoms with Gasteiger partial charge in [0.25, 0.3) is 0 Å². The average molecular weight is 374 g/mol. The van der Waals surface area contributed by atoms with Crippen molar-refractivity contribution in [2.45, 2.75) is 90.4 Å². The third-order valence-electron chi connectivity index (χ3n) is 4.91. The molecule has 6 nitrogen and oxygen atoms in total. The van der Waals surface area contributed by atoms with Gasteiger partial charge in [0.2, 0.25) is 0 Å². The fourth-order valence-electron chi connectivity index (χ4n) is 2.33. The van der Waals surface area contributed by atoms with Crippen LogP contribution in [-0.2, 0) is 18.7 Å². The van der Waals surface area contributed by atoms with Crippen molar-refractivity contribution in [1.29, 1.82) is 0 Å². The van der Waals surface area contributed by atoms with E-state index in [1.54, 1.807) is 4.90 Å². The normalized spacial score (nSPS) is 25.6. The van der Waals surface area contributed by atoms with Crippen molar-refractivity contribution in [2.24, 2.45) is 0 Å². The Hall–Kier alpha value is -0.923. The molecular formula is C18H35NO5Si. The van der Waals surface area contributed by atoms with Gasteiger partial charge in [0.1, 0.15) is 11.7 Å². The first-order chi connectivity index (χ1) is 11.2. The molecule has 1 aliphatic rings. The number of carbonyl (C=O) groups excluding carboxylic acids is 2. The molecule has 0 radical (unpaired) electrons. The molecule has 0 N–H and O–H groups in total. The van der Waals surface area contributed by atoms with E-state index in [2.05, 4.69) is 33.9 Å². The summed E-state index contributed by atoms with van der Waals surface area (Å²) < 4.78 is 17.6. The minimum Gasteiger partial charge on any atom is -0.444 e. The highest BCUT2D eigenvalue weighted by Crippen LogP contribution is 2.37. The lowest BCUT2D eigenvalue weighted by atomic mass is 10.1. The SMILES string of the molecule is C[C@@H]1O[C@H](C=O)CN(C(=O)OC(C)(C)C)[C@@H]1CO[Si](C)(C)C(C)(C)C. The molecule has 1 amide bonds. The van der Waals surface area contributed by atoms with E-state index >= 15 is 0 Å². The fraction of sp³-hybridized carbons (Fsp3) is 0.889. The number of morpholine rings is 1. The summed E-state index contributed by atoms with van der Waals surface area (Å²) in [7, 11) is -1.96. The summed E-state index contributed by atoms with van der Waals surface area (Å²) in [5, 5.41) is 0.0772. The average Bonchev–Trinajstić information content (AvgIpc) is 2.42. The summed E-state index contributed by atoms with van der Waals surface area (Å²) in [6.45, 7) is 18.8. The second-order valence-electron chi connectivity index (χ2n) is 9.29. The third kappa shape index (κ3) is 6.08. The molecule has 0 spiro atoms. The third-order valence-corrected chi connectivity index (χ3v) is 9.41. The first-order valence-electron chi connectivity index (χ1n) is 8.92. The minimum atomic E-state index is -1.96. The Morgan fingerprint density at radius 2 is 1.80 bits per heavy atom. The van der Waals surface area contributed by atoms with Crippen molar-refractivity contribution in [1.82, 2.24) is 4.90 Å². The van der Waals surface area contributed by atoms with Crippen molar-refractivity contribution in [3.63, 3.8) is 0 Å². The van der Waals surface area contributed by atoms with Crippen LogP contribution >= 0.6 is 0 Å². The van der Waals surface area contributed by atoms with Gasteiger partial charge in [0.05, 0.1) is 25.3 Å². The molecule has 0 aromatic heterocycles. The molecule has 1 aliphatic heterocycles. The zero-order chi connectivity index (χ0) is 19.6. The van der Waals surface area contributed by atoms with E-state index in [1.807, 2.05) is 27.7 Å². The Morgan fingerprint density at radius 3 is 2.24 bits per heavy atom. The number of hydrogen-bond donors (Lipinski definition) is 0. The summed E-state index contributed by atoms with van der Waals surface area (Å²) in [4.78, 5) is 25.4. The Bertz CT molecular complexity index is 481. The summed E-state index contributed by atoms with van der Waals surface area (Å²) in [6, 6.07) is -0.278. The van der Waals surface area contributed by atoms with Gasteiger partial charge in [0, 0.05) is 0 Å². The molecule has 0 aromatic rings. The lowest BCUT2D eigenvalue weighted by molar-refractivity contribution is -0.141. The highest BCUT2D eigenvalue weighted by atomic mass is 28.4. The maximum atomic E-state index is 12.6. The molecule has 0 bridgehead atoms. The summed E-state index contributed by atoms with van der Waals surface area (Å²) >= 11 is 0. The number of nitrogens with zero attached hydrogens (tertiary/aromatic N) is 1. The van der Waals surface area contributed by atoms with Crippen molar-refractivity contribution in [3.05, 3.63) is 0 Å². The van der Waals surface area contributed by atoms with Gasteiger partial charge >= 0.3 is 6.09 Å². The monoisotopic (exact) mass is 373 g/mol. The van der Waals surface area contributed by atoms with Gasteiger partial charge in [-0.1, -0.05) is 20.8 Å². The Labute approximate surface area is 153 Å². The highest BCUT2D eigenvalue weighted by Gasteiger charge is 2.42. The van der Waals surface area contributed by atoms with Crippen LogP contribution in [0.25, 0.3) is 0 Å². The molecule has 0 saturated carbocycles. The molecule has 0 aliphatic carbocycles. The first kappa shape index (κ1) is 22.1. The van der Waals surface area contributed by atoms with Gasteiger partial charge < -0.3 is 18.7 Å². The maximum Gasteiger partial charge on any atom is 0.410 e. The van der Waals surface area contributed by atoms with Crippen LogP contribution in [0.5, 0.6) is 0 Å². The fourth-order valence-corrected chi connectivity index (χ4v) is 3.35. The van der Waals surface area contributed by atoms with E-state index in [1.165, 1.54) is 0 Å². The highest BCUT2D eigenvalue weighted by molar-refractivity contribution is 6.74. The molecule has 0 aromatic carbocycles. The van der Waals surface area contributed by atoms with E-state index < -0.39 is 26.1 Å². The molecule has 25 heavy (non-hydrogen) atoms. The Balaban J connectivity index is 2.94. The lowest BCUT2D eigenvalue weighted by Crippen LogP contribution is -2.60. The topological polar surface area (TPSA) is 65.1 Å². The number of rotatable bonds is 4. The molecule has 1 saturated heterocycles. The number of ether oxygens (including phenoxy) is 2. The van der Waals surface area contributed by atoms with Crippen LogP contribution in [0, 0.1) is 0 Å². The second kappa shape index (κ2) is 7.76. The zero-order valence-corrected chi connectivity index (χ0v) is 18.2. The van der Waals surface area contributed by atoms with Crippen LogP contribution in [0.2, 0.25) is 18.1 Å². The van der Waals surface area contributed by atoms with Crippen molar-refractivity contribution >= 4 is 20.7 Å². The maximum absolute atomic E-state index is 12.6. The number of aldehydes is 1. The van der Waals surface area contributed by atoms with Crippen molar-refractivity contribution in [3.8, 4) is 0 Å². The molecule has 146 valence electrons. The Kier molecular flexibility index (Phi) is 6.86. The van der Waals surface area contributed by atoms with E-state index in [0.717, 1.165) is 6.29 Å². The predicted molar refractivity (Wildman–Crippen MR) is 100 cm³/mol. The van der Waals surface area contributed by atoms with E-state index in [0.29, 0.717) is 6.61 Å². The number of hydrogen-bond acceptors (Lipinski definition) is 5. The zero-order valence-electron chi connectivity index (χ0n) is 17.2. The van der Waals surface area contributed by atoms with Gasteiger partial charge in [-0.05, 0) is 45.8 Å². The largest absolute Gasteiger partial charge is 0.444 e. The molecule has 1 fully saturated rings. The van der Waals surface area contributed by atoms with Gasteiger partial charge in [-0.15, -0.1) is 0 Å². The van der Waals surface area contributed by atoms with Gasteiger partial charge in [-0.2, -0.15) is 0 Å². The first-order valence-corrected chi connectivity index (χ1v) is 11.8. The van der Waals surface area contributed by atoms with Crippen LogP contribution in [0.3, 0.4) is 0 Å². The lowest BCUT2D eigenvalue weighted by Gasteiger charge is -2.44. The van der Waals surface area contributed by atoms with Crippen LogP contribution < -0.4 is 0 Å². The van der Waals surface area contributed by atoms with Gasteiger partial charge in [-0.25, -0.2) is 4.79 Å². The molecule has 0 unspecified atom stereocenters. The Morgan fingerprint density at radius 1 is 1.24 bits per heavy atom. The van der Waals surface area contributed by atoms with Crippen molar-refractivity contribution in [2.75, 3.05) is 13.2 Å². The quantitative estimate of drug-likeness (QED) is 0.556. The van der Waals surface area contributed by atoms with Crippen LogP contribution in [0.1, 0.15) is 48.5 Å². The number of carbonyl (C=O) groups is 2. The molecule has 1 rings (SSSR count). The van der Waals surface area contributed by atoms with E-state index in [9.17, 15) is 9.59 Å². The van der Waals surface area contributed by atoms with E-state index in [4.69, 9.17) is 13.9 Å². The molecule has 1 heterocycles. The smallest absolute Gasteiger partial charge is 0.410 e. The summed E-state index contributed by atoms with van der Waals surface area (Å²) in [6.07, 6.45) is -0.634. The van der Waals surface area contributed by atoms with Crippen molar-refractivity contribution < 1.29 is 23.5 Å². The van der Waals surface area contributed by atoms with Crippen LogP contribution in [0.15, 0.2) is 0 Å². The molecule has 7 heteroatoms. The molecule has 3 atom stereocenters. The summed E-state index contributed by atoms with van der Waals surface area (Å²) in [5.74, 6) is 0. The minimum absolute atomic E-state index is 0.0772. The second-order valence-corrected chi connectivity index (χ2v) is 14.1. The van der Waals surface area contributed by atoms with Gasteiger partial charge in [0.15, 0.2) is 14.6 Å². The molecular weight excluding hydrogens is 338 g/mol. The number of amides is 1. The van der Waals surface area contributed by atoms with Gasteiger partial charge in [-0.3, -0.25) is 4.90 Å². The predicted octanol–water partition coefficient (Wildman–Crippen LogP) is 3.60. The summed E-state index contributed by atoms with van der Waals surface area (Å²) in [5.41, 5.74) is -0.597. The van der Waals surface area contributed by atoms with E-state index in [-0.39, 0.29) is 23.7 Å². The van der Waals surface area contributed by atoms with Crippen LogP contribution in [-0.4, -0.2) is 62.6 Å². The van der Waals surface area contributed by atoms with Crippen LogP contribution in [0.4, 0.5) is 4.79 Å². The standard InChI is InChI=1S/C18H35NO5Si/c1-13-15(12-22-25(8,9)18(5,6)7)19(10-14(11-20)23-13)16(21)24-17(2,3)4/h11,13-15H,10,12H2,1-9H3/t13-,14-,15+/m0/s1.